The average Bonchev–Trinajstić information content (AvgIpc) is 1.86. The van der Waals surface area contributed by atoms with Crippen LogP contribution in [-0.4, -0.2) is 190 Å². The monoisotopic (exact) mass is 1500 g/mol. The minimum Gasteiger partial charge on any atom is -0.545 e. The van der Waals surface area contributed by atoms with Crippen molar-refractivity contribution in [1.82, 2.24) is 0 Å². The molecule has 0 radical (unpaired) electrons. The molecule has 4 heterocycles. The fourth-order valence-corrected chi connectivity index (χ4v) is 9.86. The van der Waals surface area contributed by atoms with Gasteiger partial charge in [-0.05, 0) is 51.4 Å². The molecule has 4 aliphatic heterocycles. The summed E-state index contributed by atoms with van der Waals surface area (Å²) in [6, 6.07) is 0. The van der Waals surface area contributed by atoms with Gasteiger partial charge in [-0.25, -0.2) is 0 Å². The van der Waals surface area contributed by atoms with Crippen molar-refractivity contribution in [3.63, 3.8) is 0 Å². The van der Waals surface area contributed by atoms with Crippen molar-refractivity contribution in [3.05, 3.63) is 0 Å². The Kier molecular flexibility index (Phi) is 30.6. The van der Waals surface area contributed by atoms with E-state index in [0.717, 1.165) is 97.1 Å². The van der Waals surface area contributed by atoms with E-state index in [0.29, 0.717) is 0 Å². The normalized spacial score (nSPS) is 18.5. The number of hydrogen-bond donors (Lipinski definition) is 0. The van der Waals surface area contributed by atoms with E-state index in [4.69, 9.17) is 0 Å². The van der Waals surface area contributed by atoms with Crippen molar-refractivity contribution in [2.45, 2.75) is 323 Å². The Morgan fingerprint density at radius 1 is 0.233 bits per heavy atom. The number of aliphatic carboxylic acids is 4. The zero-order valence-corrected chi connectivity index (χ0v) is 72.8. The first-order chi connectivity index (χ1) is 39.0. The maximum absolute atomic E-state index is 12.0. The van der Waals surface area contributed by atoms with Crippen molar-refractivity contribution in [1.29, 1.82) is 0 Å². The van der Waals surface area contributed by atoms with Crippen molar-refractivity contribution in [3.8, 4) is 0 Å². The van der Waals surface area contributed by atoms with Gasteiger partial charge in [-0.3, -0.25) is 39.9 Å². The van der Waals surface area contributed by atoms with Crippen LogP contribution in [-0.2, 0) is 19.2 Å². The molecule has 0 fully saturated rings. The predicted molar refractivity (Wildman–Crippen MR) is 372 cm³/mol. The van der Waals surface area contributed by atoms with Crippen LogP contribution < -0.4 is 20.4 Å². The first-order valence-electron chi connectivity index (χ1n) is 32.7. The second kappa shape index (κ2) is 30.4. The smallest absolute Gasteiger partial charge is 0.545 e. The molecule has 0 bridgehead atoms. The number of aliphatic imine (C=N–C) groups is 8. The summed E-state index contributed by atoms with van der Waals surface area (Å²) in [4.78, 5) is 85.3. The molecule has 504 valence electrons. The Labute approximate surface area is 628 Å². The van der Waals surface area contributed by atoms with E-state index in [2.05, 4.69) is 206 Å². The fraction of sp³-hybridized carbons (Fsp3) is 0.833. The van der Waals surface area contributed by atoms with Crippen LogP contribution in [0.25, 0.3) is 0 Å². The van der Waals surface area contributed by atoms with Gasteiger partial charge in [0.1, 0.15) is 0 Å². The Morgan fingerprint density at radius 3 is 0.356 bits per heavy atom. The number of hydrogen-bond acceptors (Lipinski definition) is 16. The van der Waals surface area contributed by atoms with Crippen LogP contribution in [0.2, 0.25) is 0 Å². The Balaban J connectivity index is 0. The number of carbonyl (C=O) groups is 4. The number of nitrogens with zero attached hydrogens (tertiary/aromatic N) is 8. The van der Waals surface area contributed by atoms with Crippen molar-refractivity contribution in [2.75, 3.05) is 0 Å². The third-order valence-corrected chi connectivity index (χ3v) is 20.6. The number of carbonyl (C=O) groups excluding carboxylic acids is 4. The van der Waals surface area contributed by atoms with Gasteiger partial charge in [0, 0.05) is 65.0 Å². The van der Waals surface area contributed by atoms with E-state index >= 15 is 0 Å². The van der Waals surface area contributed by atoms with Gasteiger partial charge in [-0.1, -0.05) is 249 Å². The van der Waals surface area contributed by atoms with E-state index in [1.165, 1.54) is 0 Å². The van der Waals surface area contributed by atoms with Crippen LogP contribution in [0.3, 0.4) is 0 Å². The van der Waals surface area contributed by atoms with Gasteiger partial charge in [0.25, 0.3) is 0 Å². The van der Waals surface area contributed by atoms with Crippen LogP contribution >= 0.6 is 0 Å². The molecule has 0 aromatic heterocycles. The largest absolute Gasteiger partial charge is 2.00 e. The molecular weight excluding hydrogens is 1380 g/mol. The van der Waals surface area contributed by atoms with Gasteiger partial charge in [0.2, 0.25) is 0 Å². The standard InChI is InChI=1S/4C18H32N2O2.2Ba/c4*1-10-16(6,7)12-13(17(8,9)11-2)20-18(19-12,14(21)22)15(3,4)5;;/h4*10-11H2,1-9H3,(H,21,22);;/q;;;;2*+2/p-4. The molecule has 0 unspecified atom stereocenters. The first kappa shape index (κ1) is 90.4. The topological polar surface area (TPSA) is 259 Å². The van der Waals surface area contributed by atoms with Gasteiger partial charge < -0.3 is 39.6 Å². The van der Waals surface area contributed by atoms with Gasteiger partial charge in [-0.15, -0.1) is 0 Å². The molecule has 16 nitrogen and oxygen atoms in total. The molecule has 0 aromatic rings. The molecule has 0 saturated heterocycles. The minimum atomic E-state index is -1.53. The van der Waals surface area contributed by atoms with E-state index in [-0.39, 0.29) is 141 Å². The molecule has 90 heavy (non-hydrogen) atoms. The van der Waals surface area contributed by atoms with Crippen LogP contribution in [0.5, 0.6) is 0 Å². The molecule has 0 aromatic carbocycles. The third-order valence-electron chi connectivity index (χ3n) is 20.6. The summed E-state index contributed by atoms with van der Waals surface area (Å²) in [7, 11) is 0. The second-order valence-electron chi connectivity index (χ2n) is 34.4. The van der Waals surface area contributed by atoms with Crippen LogP contribution in [0.1, 0.15) is 301 Å². The van der Waals surface area contributed by atoms with Crippen LogP contribution in [0, 0.1) is 65.0 Å². The summed E-state index contributed by atoms with van der Waals surface area (Å²) in [5, 5.41) is 47.9. The molecule has 0 amide bonds. The quantitative estimate of drug-likeness (QED) is 0.106. The van der Waals surface area contributed by atoms with Crippen molar-refractivity contribution < 1.29 is 39.6 Å². The summed E-state index contributed by atoms with van der Waals surface area (Å²) >= 11 is 0. The third kappa shape index (κ3) is 18.1. The van der Waals surface area contributed by atoms with E-state index in [9.17, 15) is 39.6 Å². The molecule has 0 N–H and O–H groups in total. The molecule has 0 aliphatic carbocycles. The number of carboxylic acid groups (broad SMARTS) is 4. The molecule has 18 heteroatoms. The Morgan fingerprint density at radius 2 is 0.311 bits per heavy atom. The molecular formula is C72H124Ba2N8O8. The average molecular weight is 1500 g/mol. The summed E-state index contributed by atoms with van der Waals surface area (Å²) < 4.78 is 0. The first-order valence-corrected chi connectivity index (χ1v) is 32.7. The number of rotatable bonds is 20. The van der Waals surface area contributed by atoms with Crippen LogP contribution in [0.15, 0.2) is 39.9 Å². The van der Waals surface area contributed by atoms with E-state index in [1.54, 1.807) is 0 Å². The predicted octanol–water partition coefficient (Wildman–Crippen LogP) is 12.2. The van der Waals surface area contributed by atoms with Crippen molar-refractivity contribution >= 4 is 167 Å². The molecule has 0 atom stereocenters. The molecule has 0 spiro atoms. The fourth-order valence-electron chi connectivity index (χ4n) is 9.86. The summed E-state index contributed by atoms with van der Waals surface area (Å²) in [6.45, 7) is 72.6. The maximum atomic E-state index is 12.0. The van der Waals surface area contributed by atoms with Gasteiger partial charge in [0.15, 0.2) is 22.7 Å². The van der Waals surface area contributed by atoms with Gasteiger partial charge in [0.05, 0.1) is 69.6 Å². The molecule has 4 rings (SSSR count). The Bertz CT molecular complexity index is 2350. The zero-order chi connectivity index (χ0) is 70.2. The maximum Gasteiger partial charge on any atom is 2.00 e. The zero-order valence-electron chi connectivity index (χ0n) is 63.9. The number of carboxylic acids is 4. The van der Waals surface area contributed by atoms with Crippen LogP contribution in [0.4, 0.5) is 0 Å². The van der Waals surface area contributed by atoms with Gasteiger partial charge in [-0.2, -0.15) is 0 Å². The molecule has 0 saturated carbocycles. The van der Waals surface area contributed by atoms with Crippen molar-refractivity contribution in [2.24, 2.45) is 105 Å². The summed E-state index contributed by atoms with van der Waals surface area (Å²) in [5.74, 6) is -4.87. The summed E-state index contributed by atoms with van der Waals surface area (Å²) in [5.41, 5.74) is -3.86. The minimum absolute atomic E-state index is 0. The molecule has 4 aliphatic rings. The second-order valence-corrected chi connectivity index (χ2v) is 34.4. The Hall–Kier alpha value is -1.62. The van der Waals surface area contributed by atoms with Gasteiger partial charge >= 0.3 is 97.8 Å². The van der Waals surface area contributed by atoms with E-state index < -0.39 is 68.2 Å². The SMILES string of the molecule is CCC(C)(C)C1=NC(C(=O)[O-])(C(C)(C)C)N=C1C(C)(C)CC.CCC(C)(C)C1=NC(C(=O)[O-])(C(C)(C)C)N=C1C(C)(C)CC.CCC(C)(C)C1=NC(C(=O)[O-])(C(C)(C)C)N=C1C(C)(C)CC.CCC(C)(C)C1=NC(C(=O)[O-])(C(C)(C)C)N=C1C(C)(C)CC.[Ba+2].[Ba+2]. The summed E-state index contributed by atoms with van der Waals surface area (Å²) in [6.07, 6.45) is 6.98. The van der Waals surface area contributed by atoms with E-state index in [1.807, 2.05) is 83.1 Å².